The second-order valence-electron chi connectivity index (χ2n) is 8.90. The fourth-order valence-electron chi connectivity index (χ4n) is 3.31. The van der Waals surface area contributed by atoms with Crippen molar-refractivity contribution in [3.63, 3.8) is 0 Å². The molecule has 0 aromatic heterocycles. The first-order valence-corrected chi connectivity index (χ1v) is 10.8. The van der Waals surface area contributed by atoms with E-state index in [4.69, 9.17) is 4.74 Å². The quantitative estimate of drug-likeness (QED) is 0.295. The number of hydrogen-bond acceptors (Lipinski definition) is 4. The summed E-state index contributed by atoms with van der Waals surface area (Å²) in [4.78, 5) is 32.5. The van der Waals surface area contributed by atoms with Crippen LogP contribution in [0.25, 0.3) is 0 Å². The molecule has 0 unspecified atom stereocenters. The van der Waals surface area contributed by atoms with Crippen LogP contribution in [0.15, 0.2) is 4.99 Å². The van der Waals surface area contributed by atoms with Crippen LogP contribution in [0, 0.1) is 5.92 Å². The molecule has 1 saturated heterocycles. The second-order valence-corrected chi connectivity index (χ2v) is 8.90. The number of ether oxygens (including phenoxy) is 1. The molecule has 0 saturated carbocycles. The maximum absolute atomic E-state index is 12.4. The van der Waals surface area contributed by atoms with Crippen LogP contribution in [0.5, 0.6) is 0 Å². The highest BCUT2D eigenvalue weighted by molar-refractivity contribution is 14.0. The summed E-state index contributed by atoms with van der Waals surface area (Å²) in [5, 5.41) is 6.18. The van der Waals surface area contributed by atoms with Crippen LogP contribution in [-0.2, 0) is 9.53 Å². The zero-order valence-corrected chi connectivity index (χ0v) is 22.1. The number of halogens is 1. The van der Waals surface area contributed by atoms with Crippen molar-refractivity contribution in [3.05, 3.63) is 0 Å². The van der Waals surface area contributed by atoms with E-state index in [2.05, 4.69) is 20.5 Å². The molecule has 0 aliphatic carbocycles. The Hall–Kier alpha value is -1.26. The van der Waals surface area contributed by atoms with Crippen molar-refractivity contribution in [2.75, 3.05) is 39.8 Å². The van der Waals surface area contributed by atoms with Gasteiger partial charge in [-0.1, -0.05) is 0 Å². The fourth-order valence-corrected chi connectivity index (χ4v) is 3.31. The van der Waals surface area contributed by atoms with Gasteiger partial charge in [-0.2, -0.15) is 0 Å². The third-order valence-corrected chi connectivity index (χ3v) is 4.72. The van der Waals surface area contributed by atoms with Crippen molar-refractivity contribution in [3.8, 4) is 0 Å². The molecule has 0 aromatic rings. The fraction of sp³-hybridized carbons (Fsp3) is 0.857. The average Bonchev–Trinajstić information content (AvgIpc) is 2.62. The number of nitrogens with zero attached hydrogens (tertiary/aromatic N) is 3. The number of carbonyl (C=O) groups excluding carboxylic acids is 2. The predicted octanol–water partition coefficient (Wildman–Crippen LogP) is 3.06. The molecular weight excluding hydrogens is 497 g/mol. The lowest BCUT2D eigenvalue weighted by molar-refractivity contribution is -0.121. The third-order valence-electron chi connectivity index (χ3n) is 4.72. The minimum Gasteiger partial charge on any atom is -0.444 e. The summed E-state index contributed by atoms with van der Waals surface area (Å²) in [6, 6.07) is 0.157. The highest BCUT2D eigenvalue weighted by Crippen LogP contribution is 2.20. The van der Waals surface area contributed by atoms with Gasteiger partial charge >= 0.3 is 6.09 Å². The van der Waals surface area contributed by atoms with Gasteiger partial charge in [-0.25, -0.2) is 4.79 Å². The maximum atomic E-state index is 12.4. The van der Waals surface area contributed by atoms with Crippen LogP contribution >= 0.6 is 24.0 Å². The van der Waals surface area contributed by atoms with Gasteiger partial charge in [0.1, 0.15) is 5.60 Å². The molecule has 0 spiro atoms. The lowest BCUT2D eigenvalue weighted by Gasteiger charge is -2.36. The van der Waals surface area contributed by atoms with Gasteiger partial charge in [0.25, 0.3) is 0 Å². The van der Waals surface area contributed by atoms with E-state index >= 15 is 0 Å². The van der Waals surface area contributed by atoms with Crippen LogP contribution in [0.1, 0.15) is 60.8 Å². The van der Waals surface area contributed by atoms with Crippen molar-refractivity contribution in [2.24, 2.45) is 10.9 Å². The average molecular weight is 540 g/mol. The summed E-state index contributed by atoms with van der Waals surface area (Å²) in [5.74, 6) is 1.33. The first-order valence-electron chi connectivity index (χ1n) is 10.8. The topological polar surface area (TPSA) is 86.3 Å². The number of piperidine rings is 1. The summed E-state index contributed by atoms with van der Waals surface area (Å²) >= 11 is 0. The zero-order chi connectivity index (χ0) is 22.0. The van der Waals surface area contributed by atoms with Gasteiger partial charge in [0, 0.05) is 52.2 Å². The van der Waals surface area contributed by atoms with Crippen LogP contribution in [0.4, 0.5) is 4.79 Å². The van der Waals surface area contributed by atoms with E-state index in [0.717, 1.165) is 38.4 Å². The molecule has 0 atom stereocenters. The Morgan fingerprint density at radius 3 is 2.30 bits per heavy atom. The minimum absolute atomic E-state index is 0. The summed E-state index contributed by atoms with van der Waals surface area (Å²) in [6.07, 6.45) is 2.18. The van der Waals surface area contributed by atoms with Gasteiger partial charge in [0.05, 0.1) is 0 Å². The van der Waals surface area contributed by atoms with Crippen molar-refractivity contribution in [2.45, 2.75) is 72.4 Å². The molecule has 176 valence electrons. The van der Waals surface area contributed by atoms with E-state index in [1.807, 2.05) is 41.5 Å². The molecule has 2 amide bonds. The van der Waals surface area contributed by atoms with E-state index in [-0.39, 0.29) is 42.0 Å². The highest BCUT2D eigenvalue weighted by atomic mass is 127. The minimum atomic E-state index is -0.474. The number of guanidine groups is 1. The van der Waals surface area contributed by atoms with E-state index in [1.165, 1.54) is 0 Å². The molecule has 2 N–H and O–H groups in total. The summed E-state index contributed by atoms with van der Waals surface area (Å²) in [7, 11) is 1.77. The van der Waals surface area contributed by atoms with Crippen molar-refractivity contribution >= 4 is 41.9 Å². The number of hydrogen-bond donors (Lipinski definition) is 2. The van der Waals surface area contributed by atoms with Crippen molar-refractivity contribution in [1.82, 2.24) is 20.4 Å². The van der Waals surface area contributed by atoms with Gasteiger partial charge < -0.3 is 25.2 Å². The maximum Gasteiger partial charge on any atom is 0.410 e. The molecule has 1 aliphatic heterocycles. The second kappa shape index (κ2) is 13.9. The summed E-state index contributed by atoms with van der Waals surface area (Å²) in [5.41, 5.74) is -0.474. The first-order chi connectivity index (χ1) is 13.6. The molecule has 8 nitrogen and oxygen atoms in total. The van der Waals surface area contributed by atoms with Crippen LogP contribution in [-0.4, -0.2) is 79.2 Å². The van der Waals surface area contributed by atoms with Crippen LogP contribution in [0.3, 0.4) is 0 Å². The Morgan fingerprint density at radius 2 is 1.83 bits per heavy atom. The van der Waals surface area contributed by atoms with E-state index in [1.54, 1.807) is 11.9 Å². The summed E-state index contributed by atoms with van der Waals surface area (Å²) < 4.78 is 5.51. The Kier molecular flexibility index (Phi) is 13.3. The van der Waals surface area contributed by atoms with Gasteiger partial charge in [0.15, 0.2) is 5.96 Å². The standard InChI is InChI=1S/C21H41N5O3.HI/c1-8-25(20(28)29-21(4,5)6)15-17-10-13-26(14-11-17)19(22-7)23-12-9-18(27)24-16(2)3;/h16-17H,8-15H2,1-7H3,(H,22,23)(H,24,27);1H. The van der Waals surface area contributed by atoms with Crippen LogP contribution in [0.2, 0.25) is 0 Å². The number of amides is 2. The number of likely N-dealkylation sites (tertiary alicyclic amines) is 1. The monoisotopic (exact) mass is 539 g/mol. The Bertz CT molecular complexity index is 555. The molecule has 30 heavy (non-hydrogen) atoms. The molecule has 1 rings (SSSR count). The Morgan fingerprint density at radius 1 is 1.23 bits per heavy atom. The predicted molar refractivity (Wildman–Crippen MR) is 132 cm³/mol. The van der Waals surface area contributed by atoms with E-state index in [0.29, 0.717) is 25.4 Å². The van der Waals surface area contributed by atoms with Gasteiger partial charge in [0.2, 0.25) is 5.91 Å². The zero-order valence-electron chi connectivity index (χ0n) is 19.8. The lowest BCUT2D eigenvalue weighted by atomic mass is 9.96. The normalized spacial score (nSPS) is 15.5. The van der Waals surface area contributed by atoms with Gasteiger partial charge in [-0.15, -0.1) is 24.0 Å². The molecule has 9 heteroatoms. The van der Waals surface area contributed by atoms with Crippen LogP contribution < -0.4 is 10.6 Å². The highest BCUT2D eigenvalue weighted by Gasteiger charge is 2.27. The SMILES string of the molecule is CCN(CC1CCN(C(=NC)NCCC(=O)NC(C)C)CC1)C(=O)OC(C)(C)C.I. The third kappa shape index (κ3) is 11.2. The van der Waals surface area contributed by atoms with Crippen molar-refractivity contribution < 1.29 is 14.3 Å². The molecule has 1 fully saturated rings. The first kappa shape index (κ1) is 28.7. The molecule has 1 heterocycles. The molecule has 0 aromatic carbocycles. The summed E-state index contributed by atoms with van der Waals surface area (Å²) in [6.45, 7) is 15.3. The Balaban J connectivity index is 0.00000841. The number of carbonyl (C=O) groups is 2. The Labute approximate surface area is 199 Å². The molecule has 0 radical (unpaired) electrons. The largest absolute Gasteiger partial charge is 0.444 e. The number of aliphatic imine (C=N–C) groups is 1. The lowest BCUT2D eigenvalue weighted by Crippen LogP contribution is -2.48. The van der Waals surface area contributed by atoms with Gasteiger partial charge in [-0.05, 0) is 60.3 Å². The van der Waals surface area contributed by atoms with E-state index in [9.17, 15) is 9.59 Å². The number of rotatable bonds is 7. The molecular formula is C21H42IN5O3. The molecule has 1 aliphatic rings. The van der Waals surface area contributed by atoms with Crippen molar-refractivity contribution in [1.29, 1.82) is 0 Å². The van der Waals surface area contributed by atoms with E-state index < -0.39 is 5.60 Å². The molecule has 0 bridgehead atoms. The number of nitrogens with one attached hydrogen (secondary N) is 2. The smallest absolute Gasteiger partial charge is 0.410 e. The van der Waals surface area contributed by atoms with Gasteiger partial charge in [-0.3, -0.25) is 9.79 Å².